The van der Waals surface area contributed by atoms with Crippen LogP contribution in [0.4, 0.5) is 0 Å². The molecule has 1 N–H and O–H groups in total. The Hall–Kier alpha value is -2.98. The maximum Gasteiger partial charge on any atom is 0.332 e. The molecular weight excluding hydrogens is 455 g/mol. The quantitative estimate of drug-likeness (QED) is 0.371. The predicted molar refractivity (Wildman–Crippen MR) is 121 cm³/mol. The maximum atomic E-state index is 13.0. The van der Waals surface area contributed by atoms with Gasteiger partial charge in [0.25, 0.3) is 5.56 Å². The van der Waals surface area contributed by atoms with Crippen molar-refractivity contribution in [3.8, 4) is 0 Å². The lowest BCUT2D eigenvalue weighted by molar-refractivity contribution is 0.475. The molecule has 0 aliphatic carbocycles. The number of nitrogens with one attached hydrogen (secondary N) is 1. The summed E-state index contributed by atoms with van der Waals surface area (Å²) in [6.07, 6.45) is 2.70. The second kappa shape index (κ2) is 9.66. The van der Waals surface area contributed by atoms with Crippen molar-refractivity contribution in [3.05, 3.63) is 66.8 Å². The maximum absolute atomic E-state index is 13.0. The van der Waals surface area contributed by atoms with Crippen LogP contribution in [-0.2, 0) is 26.1 Å². The molecule has 0 saturated heterocycles. The summed E-state index contributed by atoms with van der Waals surface area (Å²) in [6.45, 7) is 3.16. The zero-order valence-corrected chi connectivity index (χ0v) is 19.0. The summed E-state index contributed by atoms with van der Waals surface area (Å²) in [5.41, 5.74) is 0.682. The van der Waals surface area contributed by atoms with Gasteiger partial charge >= 0.3 is 5.69 Å². The largest absolute Gasteiger partial charge is 0.332 e. The second-order valence-electron chi connectivity index (χ2n) is 7.45. The minimum atomic E-state index is -0.437. The molecule has 0 amide bonds. The first-order valence-electron chi connectivity index (χ1n) is 10.4. The topological polar surface area (TPSA) is 116 Å². The van der Waals surface area contributed by atoms with Gasteiger partial charge in [-0.2, -0.15) is 4.98 Å². The zero-order valence-electron chi connectivity index (χ0n) is 17.5. The lowest BCUT2D eigenvalue weighted by Crippen LogP contribution is -2.40. The molecule has 0 radical (unpaired) electrons. The van der Waals surface area contributed by atoms with Crippen molar-refractivity contribution in [1.82, 2.24) is 39.3 Å². The Kier molecular flexibility index (Phi) is 6.71. The summed E-state index contributed by atoms with van der Waals surface area (Å²) < 4.78 is 4.39. The van der Waals surface area contributed by atoms with E-state index in [1.165, 1.54) is 9.13 Å². The van der Waals surface area contributed by atoms with Gasteiger partial charge in [0.05, 0.1) is 0 Å². The zero-order chi connectivity index (χ0) is 22.7. The van der Waals surface area contributed by atoms with Gasteiger partial charge in [0.1, 0.15) is 0 Å². The van der Waals surface area contributed by atoms with E-state index in [9.17, 15) is 9.59 Å². The third kappa shape index (κ3) is 4.61. The van der Waals surface area contributed by atoms with Gasteiger partial charge in [0.2, 0.25) is 5.28 Å². The first-order chi connectivity index (χ1) is 15.5. The van der Waals surface area contributed by atoms with Crippen LogP contribution in [0.1, 0.15) is 37.6 Å². The fraction of sp³-hybridized carbons (Fsp3) is 0.400. The number of fused-ring (bicyclic) bond motifs is 1. The number of aromatic amines is 1. The van der Waals surface area contributed by atoms with E-state index < -0.39 is 11.2 Å². The third-order valence-electron chi connectivity index (χ3n) is 5.18. The molecule has 0 unspecified atom stereocenters. The number of aryl methyl sites for hydroxylation is 2. The van der Waals surface area contributed by atoms with Gasteiger partial charge in [-0.3, -0.25) is 13.9 Å². The van der Waals surface area contributed by atoms with Crippen LogP contribution >= 0.6 is 23.2 Å². The number of aromatic nitrogens is 8. The van der Waals surface area contributed by atoms with Crippen molar-refractivity contribution >= 4 is 34.4 Å². The Balaban J connectivity index is 1.54. The van der Waals surface area contributed by atoms with Crippen molar-refractivity contribution < 1.29 is 0 Å². The van der Waals surface area contributed by atoms with E-state index in [1.807, 2.05) is 31.2 Å². The summed E-state index contributed by atoms with van der Waals surface area (Å²) in [5.74, 6) is 0.677. The SMILES string of the molecule is CCCCn1c(=O)n(CCCn2nnnc2Cc2cccc(Cl)c2)c(=O)c2[nH]c(Cl)nc21. The highest BCUT2D eigenvalue weighted by Gasteiger charge is 2.17. The van der Waals surface area contributed by atoms with Crippen LogP contribution in [0.25, 0.3) is 11.2 Å². The third-order valence-corrected chi connectivity index (χ3v) is 5.59. The number of imidazole rings is 1. The average Bonchev–Trinajstić information content (AvgIpc) is 3.37. The first-order valence-corrected chi connectivity index (χ1v) is 11.1. The molecule has 3 aromatic heterocycles. The fourth-order valence-electron chi connectivity index (χ4n) is 3.59. The Bertz CT molecular complexity index is 1350. The molecule has 32 heavy (non-hydrogen) atoms. The van der Waals surface area contributed by atoms with Gasteiger partial charge in [0.15, 0.2) is 17.0 Å². The van der Waals surface area contributed by atoms with Crippen molar-refractivity contribution in [3.63, 3.8) is 0 Å². The molecule has 0 saturated carbocycles. The molecule has 0 bridgehead atoms. The summed E-state index contributed by atoms with van der Waals surface area (Å²) in [4.78, 5) is 32.8. The summed E-state index contributed by atoms with van der Waals surface area (Å²) in [5, 5.41) is 12.6. The van der Waals surface area contributed by atoms with Gasteiger partial charge in [-0.25, -0.2) is 9.48 Å². The van der Waals surface area contributed by atoms with E-state index in [0.29, 0.717) is 42.4 Å². The van der Waals surface area contributed by atoms with Gasteiger partial charge in [-0.1, -0.05) is 37.1 Å². The second-order valence-corrected chi connectivity index (χ2v) is 8.24. The lowest BCUT2D eigenvalue weighted by atomic mass is 10.1. The molecule has 10 nitrogen and oxygen atoms in total. The van der Waals surface area contributed by atoms with Crippen LogP contribution in [0.15, 0.2) is 33.9 Å². The minimum Gasteiger partial charge on any atom is -0.323 e. The number of H-pyrrole nitrogens is 1. The number of benzene rings is 1. The van der Waals surface area contributed by atoms with Gasteiger partial charge < -0.3 is 4.98 Å². The molecule has 4 aromatic rings. The molecular formula is C20H22Cl2N8O2. The standard InChI is InChI=1S/C20H22Cl2N8O2/c1-2-3-8-28-17-16(23-19(22)24-17)18(31)29(20(28)32)9-5-10-30-15(25-26-27-30)12-13-6-4-7-14(21)11-13/h4,6-7,11H,2-3,5,8-10,12H2,1H3,(H,23,24). The molecule has 0 spiro atoms. The normalized spacial score (nSPS) is 11.5. The summed E-state index contributed by atoms with van der Waals surface area (Å²) in [6, 6.07) is 7.50. The van der Waals surface area contributed by atoms with Crippen LogP contribution in [-0.4, -0.2) is 39.3 Å². The fourth-order valence-corrected chi connectivity index (χ4v) is 3.97. The molecule has 0 aliphatic rings. The summed E-state index contributed by atoms with van der Waals surface area (Å²) in [7, 11) is 0. The lowest BCUT2D eigenvalue weighted by Gasteiger charge is -2.11. The predicted octanol–water partition coefficient (Wildman–Crippen LogP) is 2.66. The van der Waals surface area contributed by atoms with Crippen LogP contribution in [0, 0.1) is 0 Å². The van der Waals surface area contributed by atoms with Gasteiger partial charge in [0, 0.05) is 31.1 Å². The Morgan fingerprint density at radius 1 is 1.06 bits per heavy atom. The summed E-state index contributed by atoms with van der Waals surface area (Å²) >= 11 is 12.0. The molecule has 12 heteroatoms. The number of hydrogen-bond donors (Lipinski definition) is 1. The molecule has 0 fully saturated rings. The van der Waals surface area contributed by atoms with E-state index in [1.54, 1.807) is 4.68 Å². The van der Waals surface area contributed by atoms with Crippen molar-refractivity contribution in [2.75, 3.05) is 0 Å². The number of halogens is 2. The van der Waals surface area contributed by atoms with E-state index in [-0.39, 0.29) is 17.3 Å². The van der Waals surface area contributed by atoms with E-state index in [0.717, 1.165) is 18.4 Å². The molecule has 0 atom stereocenters. The average molecular weight is 477 g/mol. The van der Waals surface area contributed by atoms with Crippen LogP contribution < -0.4 is 11.2 Å². The minimum absolute atomic E-state index is 0.0823. The Morgan fingerprint density at radius 3 is 2.66 bits per heavy atom. The van der Waals surface area contributed by atoms with E-state index in [4.69, 9.17) is 23.2 Å². The highest BCUT2D eigenvalue weighted by Crippen LogP contribution is 2.14. The Morgan fingerprint density at radius 2 is 1.88 bits per heavy atom. The smallest absolute Gasteiger partial charge is 0.323 e. The molecule has 168 valence electrons. The van der Waals surface area contributed by atoms with E-state index >= 15 is 0 Å². The van der Waals surface area contributed by atoms with Crippen molar-refractivity contribution in [2.24, 2.45) is 0 Å². The van der Waals surface area contributed by atoms with E-state index in [2.05, 4.69) is 25.5 Å². The number of tetrazole rings is 1. The Labute approximate surface area is 192 Å². The number of rotatable bonds is 9. The number of hydrogen-bond acceptors (Lipinski definition) is 6. The molecule has 0 aliphatic heterocycles. The monoisotopic (exact) mass is 476 g/mol. The molecule has 1 aromatic carbocycles. The van der Waals surface area contributed by atoms with Gasteiger partial charge in [-0.05, 0) is 52.6 Å². The van der Waals surface area contributed by atoms with Crippen LogP contribution in [0.3, 0.4) is 0 Å². The number of nitrogens with zero attached hydrogens (tertiary/aromatic N) is 7. The molecule has 4 rings (SSSR count). The highest BCUT2D eigenvalue weighted by molar-refractivity contribution is 6.30. The molecule has 3 heterocycles. The van der Waals surface area contributed by atoms with Crippen LogP contribution in [0.2, 0.25) is 10.3 Å². The van der Waals surface area contributed by atoms with Gasteiger partial charge in [-0.15, -0.1) is 5.10 Å². The van der Waals surface area contributed by atoms with Crippen molar-refractivity contribution in [1.29, 1.82) is 0 Å². The highest BCUT2D eigenvalue weighted by atomic mass is 35.5. The van der Waals surface area contributed by atoms with Crippen LogP contribution in [0.5, 0.6) is 0 Å². The van der Waals surface area contributed by atoms with Crippen molar-refractivity contribution in [2.45, 2.75) is 52.2 Å². The number of unbranched alkanes of at least 4 members (excludes halogenated alkanes) is 1. The first kappa shape index (κ1) is 22.2.